The number of carboxylic acids is 2. The van der Waals surface area contributed by atoms with Crippen LogP contribution in [0.1, 0.15) is 63.9 Å². The molecule has 2 amide bonds. The lowest BCUT2D eigenvalue weighted by atomic mass is 9.98. The number of aliphatic carboxylic acids is 2. The topological polar surface area (TPSA) is 341 Å². The molecule has 0 spiro atoms. The zero-order valence-electron chi connectivity index (χ0n) is 43.8. The number of carbonyl (C=O) groups is 6. The quantitative estimate of drug-likeness (QED) is 0.0297. The highest BCUT2D eigenvalue weighted by molar-refractivity contribution is 7.47. The number of amides is 2. The molecule has 83 heavy (non-hydrogen) atoms. The number of benzene rings is 4. The highest BCUT2D eigenvalue weighted by Gasteiger charge is 2.27. The lowest BCUT2D eigenvalue weighted by molar-refractivity contribution is -0.138. The first-order valence-electron chi connectivity index (χ1n) is 25.4. The van der Waals surface area contributed by atoms with E-state index in [-0.39, 0.29) is 57.1 Å². The molecule has 24 nitrogen and oxygen atoms in total. The number of nitrogens with zero attached hydrogens (tertiary/aromatic N) is 4. The van der Waals surface area contributed by atoms with Crippen molar-refractivity contribution in [3.8, 4) is 22.3 Å². The molecule has 0 saturated heterocycles. The van der Waals surface area contributed by atoms with Crippen LogP contribution in [0.15, 0.2) is 153 Å². The minimum absolute atomic E-state index is 0.0258. The second-order valence-corrected chi connectivity index (χ2v) is 20.5. The summed E-state index contributed by atoms with van der Waals surface area (Å²) in [7, 11) is -4.63. The fourth-order valence-electron chi connectivity index (χ4n) is 10.0. The van der Waals surface area contributed by atoms with Crippen molar-refractivity contribution in [2.75, 3.05) is 26.3 Å². The molecular formula is C58H47N8O16P. The zero-order chi connectivity index (χ0) is 59.0. The van der Waals surface area contributed by atoms with Gasteiger partial charge >= 0.3 is 31.1 Å². The number of nitrogens with one attached hydrogen (secondary N) is 4. The second kappa shape index (κ2) is 22.6. The first-order chi connectivity index (χ1) is 39.7. The van der Waals surface area contributed by atoms with Crippen molar-refractivity contribution in [3.05, 3.63) is 220 Å². The number of carboxylic acid groups (broad SMARTS) is 2. The summed E-state index contributed by atoms with van der Waals surface area (Å²) in [5.41, 5.74) is 3.31. The number of hydrogen-bond acceptors (Lipinski definition) is 13. The van der Waals surface area contributed by atoms with Gasteiger partial charge in [-0.05, 0) is 109 Å². The Kier molecular flexibility index (Phi) is 15.2. The molecule has 0 saturated carbocycles. The maximum atomic E-state index is 14.2. The first-order valence-corrected chi connectivity index (χ1v) is 26.9. The molecule has 6 aromatic heterocycles. The normalized spacial score (nSPS) is 11.6. The molecule has 0 aliphatic heterocycles. The van der Waals surface area contributed by atoms with Crippen LogP contribution in [0.2, 0.25) is 0 Å². The van der Waals surface area contributed by atoms with Gasteiger partial charge in [0, 0.05) is 58.9 Å². The Morgan fingerprint density at radius 3 is 1.28 bits per heavy atom. The van der Waals surface area contributed by atoms with Crippen LogP contribution in [-0.4, -0.2) is 105 Å². The lowest BCUT2D eigenvalue weighted by Crippen LogP contribution is -2.37. The zero-order valence-corrected chi connectivity index (χ0v) is 44.7. The summed E-state index contributed by atoms with van der Waals surface area (Å²) < 4.78 is 27.3. The van der Waals surface area contributed by atoms with E-state index < -0.39 is 91.9 Å². The predicted molar refractivity (Wildman–Crippen MR) is 301 cm³/mol. The molecule has 10 aromatic rings. The van der Waals surface area contributed by atoms with E-state index in [0.717, 1.165) is 0 Å². The summed E-state index contributed by atoms with van der Waals surface area (Å²) in [6, 6.07) is 32.1. The molecule has 420 valence electrons. The Morgan fingerprint density at radius 1 is 0.530 bits per heavy atom. The number of rotatable bonds is 20. The van der Waals surface area contributed by atoms with Gasteiger partial charge in [0.15, 0.2) is 0 Å². The maximum Gasteiger partial charge on any atom is 0.472 e. The van der Waals surface area contributed by atoms with E-state index in [1.165, 1.54) is 36.4 Å². The Hall–Kier alpha value is -10.4. The number of phosphoric acid groups is 1. The molecule has 10 rings (SSSR count). The minimum atomic E-state index is -4.63. The molecule has 0 atom stereocenters. The highest BCUT2D eigenvalue weighted by Crippen LogP contribution is 2.42. The standard InChI is InChI=1S/C58H47N8O16P/c1-31-47(43-7-3-5-23-63(43)49(31)51(71)37-17-19-39-41(27-37)61-57(77)65(55(39)75)29-45(67)68)33-9-13-35(14-10-33)53(73)59-21-25-81-83(79,80)82-26-22-60-54(74)36-15-11-34(12-16-36)48-32(2)50(64-24-6-4-8-44(48)64)52(72)38-18-20-40-42(28-38)62-58(78)66(56(40)76)30-46(69)70/h3-20,23-24,27-28H,21-22,25-26,29-30H2,1-2H3,(H,59,73)(H,60,74)(H,61,77)(H,62,78)(H,67,68)(H,69,70)(H,79,80). The van der Waals surface area contributed by atoms with Crippen LogP contribution in [0.5, 0.6) is 0 Å². The number of phosphoric ester groups is 1. The van der Waals surface area contributed by atoms with Gasteiger partial charge in [0.05, 0.1) is 57.4 Å². The number of carbonyl (C=O) groups excluding carboxylic acids is 4. The lowest BCUT2D eigenvalue weighted by Gasteiger charge is -2.13. The highest BCUT2D eigenvalue weighted by atomic mass is 31.2. The van der Waals surface area contributed by atoms with Crippen molar-refractivity contribution in [3.63, 3.8) is 0 Å². The summed E-state index contributed by atoms with van der Waals surface area (Å²) in [6.45, 7) is 0.706. The molecule has 0 fully saturated rings. The number of hydrogen-bond donors (Lipinski definition) is 7. The van der Waals surface area contributed by atoms with Crippen LogP contribution in [0.3, 0.4) is 0 Å². The molecule has 0 aliphatic carbocycles. The molecule has 4 aromatic carbocycles. The smallest absolute Gasteiger partial charge is 0.472 e. The molecule has 0 radical (unpaired) electrons. The monoisotopic (exact) mass is 1140 g/mol. The Labute approximate surface area is 466 Å². The van der Waals surface area contributed by atoms with Gasteiger partial charge in [-0.1, -0.05) is 48.5 Å². The maximum absolute atomic E-state index is 14.2. The SMILES string of the molecule is Cc1c(-c2ccc(C(=O)NCCOP(=O)(O)OCCNC(=O)c3ccc(-c4c(C)c(C(=O)c5ccc6c(=O)n(CC(=O)O)c(=O)[nH]c6c5)n5ccccc45)cc3)cc2)c2ccccn2c1C(=O)c1ccc2c(=O)n(CC(=O)O)c(=O)[nH]c2c1. The van der Waals surface area contributed by atoms with E-state index in [1.54, 1.807) is 108 Å². The summed E-state index contributed by atoms with van der Waals surface area (Å²) >= 11 is 0. The van der Waals surface area contributed by atoms with Crippen molar-refractivity contribution in [2.24, 2.45) is 0 Å². The molecule has 0 unspecified atom stereocenters. The van der Waals surface area contributed by atoms with Crippen LogP contribution in [0.25, 0.3) is 55.1 Å². The third-order valence-electron chi connectivity index (χ3n) is 13.8. The van der Waals surface area contributed by atoms with Crippen molar-refractivity contribution >= 4 is 76.0 Å². The average molecular weight is 1140 g/mol. The van der Waals surface area contributed by atoms with Crippen molar-refractivity contribution in [1.82, 2.24) is 38.5 Å². The largest absolute Gasteiger partial charge is 0.480 e. The van der Waals surface area contributed by atoms with Crippen LogP contribution < -0.4 is 33.1 Å². The van der Waals surface area contributed by atoms with Crippen LogP contribution in [0.4, 0.5) is 0 Å². The number of ketones is 2. The van der Waals surface area contributed by atoms with Crippen molar-refractivity contribution < 1.29 is 57.5 Å². The fourth-order valence-corrected chi connectivity index (χ4v) is 10.8. The molecule has 0 aliphatic rings. The van der Waals surface area contributed by atoms with E-state index in [0.29, 0.717) is 64.9 Å². The first kappa shape index (κ1) is 55.9. The Bertz CT molecular complexity index is 4370. The minimum Gasteiger partial charge on any atom is -0.480 e. The van der Waals surface area contributed by atoms with Crippen molar-refractivity contribution in [1.29, 1.82) is 0 Å². The van der Waals surface area contributed by atoms with Crippen LogP contribution in [0, 0.1) is 13.8 Å². The van der Waals surface area contributed by atoms with E-state index in [4.69, 9.17) is 19.3 Å². The summed E-state index contributed by atoms with van der Waals surface area (Å²) in [4.78, 5) is 143. The van der Waals surface area contributed by atoms with E-state index >= 15 is 0 Å². The van der Waals surface area contributed by atoms with Gasteiger partial charge < -0.3 is 44.5 Å². The summed E-state index contributed by atoms with van der Waals surface area (Å²) in [5, 5.41) is 23.6. The van der Waals surface area contributed by atoms with Crippen LogP contribution in [-0.2, 0) is 36.3 Å². The average Bonchev–Trinajstić information content (AvgIpc) is 3.38. The van der Waals surface area contributed by atoms with E-state index in [2.05, 4.69) is 20.6 Å². The van der Waals surface area contributed by atoms with Gasteiger partial charge in [0.2, 0.25) is 11.6 Å². The van der Waals surface area contributed by atoms with Crippen molar-refractivity contribution in [2.45, 2.75) is 26.9 Å². The number of H-pyrrole nitrogens is 2. The number of fused-ring (bicyclic) bond motifs is 4. The summed E-state index contributed by atoms with van der Waals surface area (Å²) in [6.07, 6.45) is 3.43. The number of aromatic amines is 2. The number of pyridine rings is 2. The number of aromatic nitrogens is 6. The third kappa shape index (κ3) is 11.0. The second-order valence-electron chi connectivity index (χ2n) is 19.0. The molecule has 25 heteroatoms. The molecular weight excluding hydrogens is 1100 g/mol. The van der Waals surface area contributed by atoms with Gasteiger partial charge in [0.25, 0.3) is 22.9 Å². The fraction of sp³-hybridized carbons (Fsp3) is 0.138. The third-order valence-corrected chi connectivity index (χ3v) is 14.9. The van der Waals surface area contributed by atoms with Gasteiger partial charge in [-0.25, -0.2) is 23.3 Å². The van der Waals surface area contributed by atoms with Gasteiger partial charge in [-0.2, -0.15) is 0 Å². The van der Waals surface area contributed by atoms with E-state index in [1.807, 2.05) is 12.1 Å². The van der Waals surface area contributed by atoms with Crippen LogP contribution >= 0.6 is 7.82 Å². The Morgan fingerprint density at radius 2 is 0.904 bits per heavy atom. The van der Waals surface area contributed by atoms with E-state index in [9.17, 15) is 57.4 Å². The molecule has 6 heterocycles. The molecule has 7 N–H and O–H groups in total. The van der Waals surface area contributed by atoms with Gasteiger partial charge in [0.1, 0.15) is 13.1 Å². The molecule has 0 bridgehead atoms. The predicted octanol–water partition coefficient (Wildman–Crippen LogP) is 5.07. The van der Waals surface area contributed by atoms with Gasteiger partial charge in [-0.3, -0.25) is 47.4 Å². The Balaban J connectivity index is 0.717. The van der Waals surface area contributed by atoms with Gasteiger partial charge in [-0.15, -0.1) is 0 Å². The summed E-state index contributed by atoms with van der Waals surface area (Å²) in [5.74, 6) is -4.62.